The Hall–Kier alpha value is -3.84. The molecule has 0 bridgehead atoms. The molecule has 168 valence electrons. The molecule has 0 saturated carbocycles. The number of nitrogens with one attached hydrogen (secondary N) is 1. The van der Waals surface area contributed by atoms with E-state index in [2.05, 4.69) is 5.32 Å². The lowest BCUT2D eigenvalue weighted by Crippen LogP contribution is -2.37. The molecule has 4 rings (SSSR count). The second kappa shape index (κ2) is 9.75. The maximum absolute atomic E-state index is 13.3. The number of nitrogens with zero attached hydrogens (tertiary/aromatic N) is 2. The number of carbonyl (C=O) groups is 3. The summed E-state index contributed by atoms with van der Waals surface area (Å²) in [5.74, 6) is -0.131. The standard InChI is InChI=1S/C25H22ClN3O4/c1-33-21-13-7-17(8-14-21)16-28-22(15-23(30)27-19-5-3-2-4-6-19)24(31)29(25(28)32)20-11-9-18(26)10-12-20/h2-14,22H,15-16H2,1H3,(H,27,30)/t22-/m0/s1. The zero-order chi connectivity index (χ0) is 23.4. The fourth-order valence-electron chi connectivity index (χ4n) is 3.68. The van der Waals surface area contributed by atoms with E-state index in [0.717, 1.165) is 10.5 Å². The number of amides is 4. The van der Waals surface area contributed by atoms with E-state index in [1.165, 1.54) is 4.90 Å². The highest BCUT2D eigenvalue weighted by atomic mass is 35.5. The van der Waals surface area contributed by atoms with Crippen LogP contribution in [0.15, 0.2) is 78.9 Å². The van der Waals surface area contributed by atoms with Crippen LogP contribution in [0.5, 0.6) is 5.75 Å². The van der Waals surface area contributed by atoms with Crippen molar-refractivity contribution in [2.75, 3.05) is 17.3 Å². The number of methoxy groups -OCH3 is 1. The summed E-state index contributed by atoms with van der Waals surface area (Å²) in [6, 6.07) is 21.2. The van der Waals surface area contributed by atoms with Crippen molar-refractivity contribution in [2.24, 2.45) is 0 Å². The number of benzene rings is 3. The minimum atomic E-state index is -0.945. The van der Waals surface area contributed by atoms with Gasteiger partial charge in [-0.25, -0.2) is 9.69 Å². The van der Waals surface area contributed by atoms with Crippen LogP contribution in [-0.2, 0) is 16.1 Å². The highest BCUT2D eigenvalue weighted by molar-refractivity contribution is 6.30. The van der Waals surface area contributed by atoms with Gasteiger partial charge in [-0.15, -0.1) is 0 Å². The zero-order valence-electron chi connectivity index (χ0n) is 17.9. The summed E-state index contributed by atoms with van der Waals surface area (Å²) in [6.07, 6.45) is -0.167. The predicted octanol–water partition coefficient (Wildman–Crippen LogP) is 4.71. The summed E-state index contributed by atoms with van der Waals surface area (Å²) in [6.45, 7) is 0.169. The van der Waals surface area contributed by atoms with E-state index in [-0.39, 0.29) is 18.9 Å². The highest BCUT2D eigenvalue weighted by Crippen LogP contribution is 2.29. The van der Waals surface area contributed by atoms with Crippen LogP contribution in [0, 0.1) is 0 Å². The number of halogens is 1. The van der Waals surface area contributed by atoms with Gasteiger partial charge in [-0.05, 0) is 54.1 Å². The Morgan fingerprint density at radius 2 is 1.64 bits per heavy atom. The number of urea groups is 1. The Morgan fingerprint density at radius 1 is 0.970 bits per heavy atom. The molecule has 0 radical (unpaired) electrons. The maximum Gasteiger partial charge on any atom is 0.332 e. The lowest BCUT2D eigenvalue weighted by atomic mass is 10.1. The molecule has 1 saturated heterocycles. The zero-order valence-corrected chi connectivity index (χ0v) is 18.7. The fraction of sp³-hybridized carbons (Fsp3) is 0.160. The van der Waals surface area contributed by atoms with Gasteiger partial charge in [0.1, 0.15) is 11.8 Å². The van der Waals surface area contributed by atoms with E-state index in [1.807, 2.05) is 18.2 Å². The summed E-state index contributed by atoms with van der Waals surface area (Å²) >= 11 is 5.96. The molecule has 7 nitrogen and oxygen atoms in total. The smallest absolute Gasteiger partial charge is 0.332 e. The van der Waals surface area contributed by atoms with Crippen LogP contribution in [0.1, 0.15) is 12.0 Å². The molecule has 0 unspecified atom stereocenters. The second-order valence-corrected chi connectivity index (χ2v) is 7.98. The van der Waals surface area contributed by atoms with Crippen LogP contribution in [-0.4, -0.2) is 35.9 Å². The van der Waals surface area contributed by atoms with E-state index < -0.39 is 18.0 Å². The molecule has 1 N–H and O–H groups in total. The van der Waals surface area contributed by atoms with Crippen LogP contribution in [0.2, 0.25) is 5.02 Å². The molecule has 1 atom stereocenters. The first-order valence-electron chi connectivity index (χ1n) is 10.3. The van der Waals surface area contributed by atoms with Crippen LogP contribution in [0.4, 0.5) is 16.2 Å². The third-order valence-electron chi connectivity index (χ3n) is 5.35. The largest absolute Gasteiger partial charge is 0.497 e. The lowest BCUT2D eigenvalue weighted by Gasteiger charge is -2.22. The Morgan fingerprint density at radius 3 is 2.27 bits per heavy atom. The number of rotatable bonds is 7. The quantitative estimate of drug-likeness (QED) is 0.514. The Bertz CT molecular complexity index is 1150. The van der Waals surface area contributed by atoms with Crippen LogP contribution < -0.4 is 15.0 Å². The van der Waals surface area contributed by atoms with Gasteiger partial charge in [0.2, 0.25) is 5.91 Å². The average Bonchev–Trinajstić information content (AvgIpc) is 3.05. The molecule has 8 heteroatoms. The molecule has 33 heavy (non-hydrogen) atoms. The number of anilines is 2. The molecular formula is C25H22ClN3O4. The SMILES string of the molecule is COc1ccc(CN2C(=O)N(c3ccc(Cl)cc3)C(=O)[C@@H]2CC(=O)Nc2ccccc2)cc1. The molecule has 4 amide bonds. The predicted molar refractivity (Wildman–Crippen MR) is 126 cm³/mol. The highest BCUT2D eigenvalue weighted by Gasteiger charge is 2.46. The summed E-state index contributed by atoms with van der Waals surface area (Å²) in [4.78, 5) is 41.9. The molecular weight excluding hydrogens is 442 g/mol. The Kier molecular flexibility index (Phi) is 6.60. The van der Waals surface area contributed by atoms with E-state index >= 15 is 0 Å². The third-order valence-corrected chi connectivity index (χ3v) is 5.60. The molecule has 1 fully saturated rings. The summed E-state index contributed by atoms with van der Waals surface area (Å²) < 4.78 is 5.19. The average molecular weight is 464 g/mol. The summed E-state index contributed by atoms with van der Waals surface area (Å²) in [5, 5.41) is 3.28. The van der Waals surface area contributed by atoms with Crippen molar-refractivity contribution in [1.29, 1.82) is 0 Å². The van der Waals surface area contributed by atoms with Gasteiger partial charge in [-0.1, -0.05) is 41.9 Å². The van der Waals surface area contributed by atoms with Gasteiger partial charge in [-0.2, -0.15) is 0 Å². The molecule has 1 aliphatic heterocycles. The van der Waals surface area contributed by atoms with Crippen molar-refractivity contribution in [2.45, 2.75) is 19.0 Å². The molecule has 1 heterocycles. The van der Waals surface area contributed by atoms with Gasteiger partial charge in [0.25, 0.3) is 5.91 Å². The van der Waals surface area contributed by atoms with Gasteiger partial charge in [-0.3, -0.25) is 9.59 Å². The molecule has 0 aliphatic carbocycles. The van der Waals surface area contributed by atoms with E-state index in [1.54, 1.807) is 67.8 Å². The minimum Gasteiger partial charge on any atom is -0.497 e. The van der Waals surface area contributed by atoms with Crippen LogP contribution in [0.3, 0.4) is 0 Å². The Labute approximate surface area is 196 Å². The van der Waals surface area contributed by atoms with Crippen LogP contribution in [0.25, 0.3) is 0 Å². The fourth-order valence-corrected chi connectivity index (χ4v) is 3.80. The monoisotopic (exact) mass is 463 g/mol. The molecule has 0 aromatic heterocycles. The van der Waals surface area contributed by atoms with Gasteiger partial charge >= 0.3 is 6.03 Å². The number of hydrogen-bond acceptors (Lipinski definition) is 4. The number of para-hydroxylation sites is 1. The third kappa shape index (κ3) is 4.99. The second-order valence-electron chi connectivity index (χ2n) is 7.54. The number of ether oxygens (including phenoxy) is 1. The summed E-state index contributed by atoms with van der Waals surface area (Å²) in [5.41, 5.74) is 1.83. The summed E-state index contributed by atoms with van der Waals surface area (Å²) in [7, 11) is 1.57. The van der Waals surface area contributed by atoms with Crippen molar-refractivity contribution in [1.82, 2.24) is 4.90 Å². The van der Waals surface area contributed by atoms with E-state index in [4.69, 9.17) is 16.3 Å². The van der Waals surface area contributed by atoms with Crippen molar-refractivity contribution in [3.8, 4) is 5.75 Å². The first-order valence-corrected chi connectivity index (χ1v) is 10.7. The van der Waals surface area contributed by atoms with Crippen LogP contribution >= 0.6 is 11.6 Å². The minimum absolute atomic E-state index is 0.167. The van der Waals surface area contributed by atoms with Crippen molar-refractivity contribution in [3.05, 3.63) is 89.4 Å². The van der Waals surface area contributed by atoms with Crippen molar-refractivity contribution >= 4 is 40.8 Å². The molecule has 1 aliphatic rings. The molecule has 0 spiro atoms. The lowest BCUT2D eigenvalue weighted by molar-refractivity contribution is -0.124. The molecule has 3 aromatic rings. The van der Waals surface area contributed by atoms with Crippen molar-refractivity contribution < 1.29 is 19.1 Å². The van der Waals surface area contributed by atoms with Gasteiger partial charge in [0.05, 0.1) is 19.2 Å². The van der Waals surface area contributed by atoms with E-state index in [9.17, 15) is 14.4 Å². The topological polar surface area (TPSA) is 79.0 Å². The van der Waals surface area contributed by atoms with Gasteiger partial charge in [0.15, 0.2) is 0 Å². The van der Waals surface area contributed by atoms with E-state index in [0.29, 0.717) is 22.1 Å². The van der Waals surface area contributed by atoms with Gasteiger partial charge in [0, 0.05) is 17.3 Å². The number of hydrogen-bond donors (Lipinski definition) is 1. The first-order chi connectivity index (χ1) is 16.0. The number of carbonyl (C=O) groups excluding carboxylic acids is 3. The van der Waals surface area contributed by atoms with Gasteiger partial charge < -0.3 is 15.0 Å². The maximum atomic E-state index is 13.3. The Balaban J connectivity index is 1.60. The normalized spacial score (nSPS) is 15.6. The first kappa shape index (κ1) is 22.4. The number of imide groups is 1. The molecule has 3 aromatic carbocycles. The van der Waals surface area contributed by atoms with Crippen molar-refractivity contribution in [3.63, 3.8) is 0 Å².